The molecule has 1 aromatic heterocycles. The topological polar surface area (TPSA) is 51.0 Å². The minimum Gasteiger partial charge on any atom is -0.419 e. The van der Waals surface area contributed by atoms with Crippen molar-refractivity contribution in [2.24, 2.45) is 0 Å². The van der Waals surface area contributed by atoms with E-state index in [0.717, 1.165) is 18.7 Å². The maximum Gasteiger partial charge on any atom is 0.416 e. The molecule has 0 saturated heterocycles. The van der Waals surface area contributed by atoms with Crippen LogP contribution < -0.4 is 5.32 Å². The van der Waals surface area contributed by atoms with E-state index in [4.69, 9.17) is 4.42 Å². The third-order valence-electron chi connectivity index (χ3n) is 2.43. The van der Waals surface area contributed by atoms with E-state index in [2.05, 4.69) is 15.5 Å². The van der Waals surface area contributed by atoms with Crippen molar-refractivity contribution in [3.8, 4) is 11.5 Å². The van der Waals surface area contributed by atoms with Gasteiger partial charge in [0.2, 0.25) is 11.8 Å². The molecular weight excluding hydrogens is 259 g/mol. The summed E-state index contributed by atoms with van der Waals surface area (Å²) in [7, 11) is 0. The number of nitrogens with one attached hydrogen (secondary N) is 1. The first-order valence-corrected chi connectivity index (χ1v) is 5.71. The highest BCUT2D eigenvalue weighted by molar-refractivity contribution is 5.54. The largest absolute Gasteiger partial charge is 0.419 e. The summed E-state index contributed by atoms with van der Waals surface area (Å²) in [6.45, 7) is 3.05. The molecule has 0 spiro atoms. The monoisotopic (exact) mass is 271 g/mol. The SMILES string of the molecule is CCNCc1nnc(-c2cccc(C(F)(F)F)c2)o1. The summed E-state index contributed by atoms with van der Waals surface area (Å²) in [5.41, 5.74) is -0.485. The van der Waals surface area contributed by atoms with Gasteiger partial charge in [-0.1, -0.05) is 13.0 Å². The molecule has 0 aliphatic heterocycles. The number of nitrogens with zero attached hydrogens (tertiary/aromatic N) is 2. The van der Waals surface area contributed by atoms with Gasteiger partial charge in [-0.2, -0.15) is 13.2 Å². The van der Waals surface area contributed by atoms with E-state index < -0.39 is 11.7 Å². The van der Waals surface area contributed by atoms with Gasteiger partial charge in [0.15, 0.2) is 0 Å². The third kappa shape index (κ3) is 3.31. The lowest BCUT2D eigenvalue weighted by molar-refractivity contribution is -0.137. The van der Waals surface area contributed by atoms with Crippen LogP contribution in [-0.2, 0) is 12.7 Å². The van der Waals surface area contributed by atoms with Gasteiger partial charge < -0.3 is 9.73 Å². The zero-order valence-electron chi connectivity index (χ0n) is 10.2. The first kappa shape index (κ1) is 13.5. The molecule has 0 radical (unpaired) electrons. The van der Waals surface area contributed by atoms with E-state index in [1.165, 1.54) is 12.1 Å². The van der Waals surface area contributed by atoms with Crippen LogP contribution in [0.4, 0.5) is 13.2 Å². The summed E-state index contributed by atoms with van der Waals surface area (Å²) in [4.78, 5) is 0. The van der Waals surface area contributed by atoms with Gasteiger partial charge in [0.05, 0.1) is 12.1 Å². The van der Waals surface area contributed by atoms with E-state index in [1.807, 2.05) is 6.92 Å². The van der Waals surface area contributed by atoms with E-state index in [9.17, 15) is 13.2 Å². The van der Waals surface area contributed by atoms with Crippen LogP contribution in [0.25, 0.3) is 11.5 Å². The summed E-state index contributed by atoms with van der Waals surface area (Å²) in [6.07, 6.45) is -4.39. The molecular formula is C12H12F3N3O. The molecule has 2 aromatic rings. The average Bonchev–Trinajstić information content (AvgIpc) is 2.84. The molecule has 7 heteroatoms. The number of rotatable bonds is 4. The molecule has 0 atom stereocenters. The zero-order chi connectivity index (χ0) is 13.9. The molecule has 0 amide bonds. The van der Waals surface area contributed by atoms with Gasteiger partial charge in [0.25, 0.3) is 0 Å². The number of halogens is 3. The number of hydrogen-bond donors (Lipinski definition) is 1. The van der Waals surface area contributed by atoms with Gasteiger partial charge in [0.1, 0.15) is 0 Å². The number of aromatic nitrogens is 2. The third-order valence-corrected chi connectivity index (χ3v) is 2.43. The molecule has 0 unspecified atom stereocenters. The van der Waals surface area contributed by atoms with Crippen molar-refractivity contribution in [1.29, 1.82) is 0 Å². The summed E-state index contributed by atoms with van der Waals surface area (Å²) < 4.78 is 43.0. The van der Waals surface area contributed by atoms with Crippen LogP contribution in [0.1, 0.15) is 18.4 Å². The van der Waals surface area contributed by atoms with Crippen molar-refractivity contribution in [3.63, 3.8) is 0 Å². The molecule has 1 heterocycles. The van der Waals surface area contributed by atoms with Gasteiger partial charge >= 0.3 is 6.18 Å². The van der Waals surface area contributed by atoms with Crippen molar-refractivity contribution in [3.05, 3.63) is 35.7 Å². The van der Waals surface area contributed by atoms with E-state index in [0.29, 0.717) is 12.4 Å². The van der Waals surface area contributed by atoms with Crippen LogP contribution in [0.5, 0.6) is 0 Å². The Morgan fingerprint density at radius 1 is 1.26 bits per heavy atom. The highest BCUT2D eigenvalue weighted by atomic mass is 19.4. The number of hydrogen-bond acceptors (Lipinski definition) is 4. The van der Waals surface area contributed by atoms with Crippen molar-refractivity contribution in [1.82, 2.24) is 15.5 Å². The minimum absolute atomic E-state index is 0.0824. The lowest BCUT2D eigenvalue weighted by Gasteiger charge is -2.06. The van der Waals surface area contributed by atoms with Gasteiger partial charge in [-0.15, -0.1) is 10.2 Å². The fourth-order valence-electron chi connectivity index (χ4n) is 1.50. The van der Waals surface area contributed by atoms with Crippen molar-refractivity contribution >= 4 is 0 Å². The van der Waals surface area contributed by atoms with Crippen LogP contribution in [0.2, 0.25) is 0 Å². The Hall–Kier alpha value is -1.89. The van der Waals surface area contributed by atoms with Crippen molar-refractivity contribution in [2.75, 3.05) is 6.54 Å². The quantitative estimate of drug-likeness (QED) is 0.929. The summed E-state index contributed by atoms with van der Waals surface area (Å²) >= 11 is 0. The van der Waals surface area contributed by atoms with Crippen LogP contribution in [0.3, 0.4) is 0 Å². The maximum atomic E-state index is 12.6. The molecule has 102 valence electrons. The lowest BCUT2D eigenvalue weighted by atomic mass is 10.1. The highest BCUT2D eigenvalue weighted by Crippen LogP contribution is 2.31. The molecule has 19 heavy (non-hydrogen) atoms. The van der Waals surface area contributed by atoms with Crippen molar-refractivity contribution < 1.29 is 17.6 Å². The molecule has 0 aliphatic rings. The van der Waals surface area contributed by atoms with E-state index in [1.54, 1.807) is 0 Å². The Morgan fingerprint density at radius 3 is 2.74 bits per heavy atom. The Balaban J connectivity index is 2.24. The highest BCUT2D eigenvalue weighted by Gasteiger charge is 2.30. The normalized spacial score (nSPS) is 11.8. The lowest BCUT2D eigenvalue weighted by Crippen LogP contribution is -2.11. The number of benzene rings is 1. The average molecular weight is 271 g/mol. The predicted molar refractivity (Wildman–Crippen MR) is 62.1 cm³/mol. The Morgan fingerprint density at radius 2 is 2.05 bits per heavy atom. The van der Waals surface area contributed by atoms with Gasteiger partial charge in [0, 0.05) is 5.56 Å². The van der Waals surface area contributed by atoms with Gasteiger partial charge in [-0.25, -0.2) is 0 Å². The fraction of sp³-hybridized carbons (Fsp3) is 0.333. The minimum atomic E-state index is -4.39. The summed E-state index contributed by atoms with van der Waals surface area (Å²) in [5.74, 6) is 0.424. The zero-order valence-corrected chi connectivity index (χ0v) is 10.2. The second-order valence-corrected chi connectivity index (χ2v) is 3.86. The first-order chi connectivity index (χ1) is 9.00. The first-order valence-electron chi connectivity index (χ1n) is 5.71. The second kappa shape index (κ2) is 5.40. The van der Waals surface area contributed by atoms with Crippen LogP contribution in [-0.4, -0.2) is 16.7 Å². The Labute approximate surface area is 107 Å². The molecule has 0 aliphatic carbocycles. The van der Waals surface area contributed by atoms with Gasteiger partial charge in [-0.05, 0) is 24.7 Å². The Bertz CT molecular complexity index is 551. The van der Waals surface area contributed by atoms with E-state index in [-0.39, 0.29) is 11.5 Å². The Kier molecular flexibility index (Phi) is 3.84. The van der Waals surface area contributed by atoms with Crippen molar-refractivity contribution in [2.45, 2.75) is 19.6 Å². The molecule has 1 N–H and O–H groups in total. The number of alkyl halides is 3. The summed E-state index contributed by atoms with van der Waals surface area (Å²) in [5, 5.41) is 10.5. The van der Waals surface area contributed by atoms with Crippen LogP contribution >= 0.6 is 0 Å². The summed E-state index contributed by atoms with van der Waals surface area (Å²) in [6, 6.07) is 4.80. The molecule has 0 bridgehead atoms. The maximum absolute atomic E-state index is 12.6. The molecule has 1 aromatic carbocycles. The standard InChI is InChI=1S/C12H12F3N3O/c1-2-16-7-10-17-18-11(19-10)8-4-3-5-9(6-8)12(13,14)15/h3-6,16H,2,7H2,1H3. The molecule has 2 rings (SSSR count). The fourth-order valence-corrected chi connectivity index (χ4v) is 1.50. The van der Waals surface area contributed by atoms with Gasteiger partial charge in [-0.3, -0.25) is 0 Å². The second-order valence-electron chi connectivity index (χ2n) is 3.86. The molecule has 0 fully saturated rings. The predicted octanol–water partition coefficient (Wildman–Crippen LogP) is 2.86. The molecule has 4 nitrogen and oxygen atoms in total. The van der Waals surface area contributed by atoms with Crippen LogP contribution in [0, 0.1) is 0 Å². The van der Waals surface area contributed by atoms with E-state index >= 15 is 0 Å². The smallest absolute Gasteiger partial charge is 0.416 e. The van der Waals surface area contributed by atoms with Crippen LogP contribution in [0.15, 0.2) is 28.7 Å². The molecule has 0 saturated carbocycles.